The number of unbranched alkanes of at least 4 members (excludes halogenated alkanes) is 1. The molecule has 0 fully saturated rings. The van der Waals surface area contributed by atoms with Crippen molar-refractivity contribution in [3.05, 3.63) is 0 Å². The Bertz CT molecular complexity index is 96.3. The minimum absolute atomic E-state index is 0.501. The summed E-state index contributed by atoms with van der Waals surface area (Å²) < 4.78 is 0. The summed E-state index contributed by atoms with van der Waals surface area (Å²) in [6.45, 7) is 10.8. The summed E-state index contributed by atoms with van der Waals surface area (Å²) in [5, 5.41) is 2.12. The van der Waals surface area contributed by atoms with Crippen molar-refractivity contribution >= 4 is 0 Å². The van der Waals surface area contributed by atoms with Crippen LogP contribution in [0.1, 0.15) is 47.0 Å². The molecule has 3 nitrogen and oxygen atoms in total. The molecule has 0 aliphatic carbocycles. The topological polar surface area (TPSA) is 27.3 Å². The van der Waals surface area contributed by atoms with Crippen LogP contribution in [-0.4, -0.2) is 24.2 Å². The molecule has 0 heterocycles. The third-order valence-electron chi connectivity index (χ3n) is 1.70. The Kier molecular flexibility index (Phi) is 8.40. The maximum absolute atomic E-state index is 3.37. The second-order valence-corrected chi connectivity index (χ2v) is 3.70. The van der Waals surface area contributed by atoms with E-state index in [-0.39, 0.29) is 0 Å². The highest BCUT2D eigenvalue weighted by Crippen LogP contribution is 1.90. The van der Waals surface area contributed by atoms with Gasteiger partial charge in [-0.05, 0) is 26.7 Å². The average Bonchev–Trinajstić information content (AvgIpc) is 2.09. The number of rotatable bonds is 8. The van der Waals surface area contributed by atoms with Gasteiger partial charge in [-0.15, -0.1) is 0 Å². The van der Waals surface area contributed by atoms with Crippen molar-refractivity contribution in [3.63, 3.8) is 0 Å². The zero-order chi connectivity index (χ0) is 10.1. The van der Waals surface area contributed by atoms with Crippen molar-refractivity contribution in [2.45, 2.75) is 53.0 Å². The molecule has 0 amide bonds. The van der Waals surface area contributed by atoms with Gasteiger partial charge in [0.1, 0.15) is 0 Å². The zero-order valence-electron chi connectivity index (χ0n) is 9.56. The Hall–Kier alpha value is -0.120. The van der Waals surface area contributed by atoms with Crippen LogP contribution in [0.4, 0.5) is 0 Å². The number of nitrogens with one attached hydrogen (secondary N) is 2. The van der Waals surface area contributed by atoms with Crippen molar-refractivity contribution in [2.75, 3.05) is 13.1 Å². The first-order valence-electron chi connectivity index (χ1n) is 5.47. The van der Waals surface area contributed by atoms with Gasteiger partial charge in [0.15, 0.2) is 0 Å². The molecule has 0 bridgehead atoms. The van der Waals surface area contributed by atoms with Gasteiger partial charge in [-0.1, -0.05) is 20.3 Å². The molecule has 2 N–H and O–H groups in total. The van der Waals surface area contributed by atoms with Gasteiger partial charge in [-0.25, -0.2) is 10.9 Å². The second kappa shape index (κ2) is 8.48. The minimum atomic E-state index is 0.501. The van der Waals surface area contributed by atoms with Crippen LogP contribution >= 0.6 is 0 Å². The first kappa shape index (κ1) is 12.9. The fraction of sp³-hybridized carbons (Fsp3) is 1.00. The summed E-state index contributed by atoms with van der Waals surface area (Å²) >= 11 is 0. The molecular formula is C10H25N3. The lowest BCUT2D eigenvalue weighted by molar-refractivity contribution is 0.0960. The number of nitrogens with zero attached hydrogens (tertiary/aromatic N) is 1. The lowest BCUT2D eigenvalue weighted by Gasteiger charge is -2.25. The van der Waals surface area contributed by atoms with E-state index in [9.17, 15) is 0 Å². The van der Waals surface area contributed by atoms with Crippen LogP contribution in [0.25, 0.3) is 0 Å². The van der Waals surface area contributed by atoms with Gasteiger partial charge < -0.3 is 0 Å². The number of hydrogen-bond acceptors (Lipinski definition) is 3. The first-order valence-corrected chi connectivity index (χ1v) is 5.47. The molecule has 0 unspecified atom stereocenters. The van der Waals surface area contributed by atoms with E-state index in [1.807, 2.05) is 0 Å². The van der Waals surface area contributed by atoms with Crippen molar-refractivity contribution in [2.24, 2.45) is 0 Å². The summed E-state index contributed by atoms with van der Waals surface area (Å²) in [7, 11) is 0. The summed E-state index contributed by atoms with van der Waals surface area (Å²) in [6, 6.07) is 0.501. The third kappa shape index (κ3) is 8.22. The highest BCUT2D eigenvalue weighted by Gasteiger charge is 2.03. The normalized spacial score (nSPS) is 11.5. The third-order valence-corrected chi connectivity index (χ3v) is 1.70. The average molecular weight is 187 g/mol. The highest BCUT2D eigenvalue weighted by molar-refractivity contribution is 4.51. The Balaban J connectivity index is 3.60. The monoisotopic (exact) mass is 187 g/mol. The van der Waals surface area contributed by atoms with Crippen LogP contribution in [0.5, 0.6) is 0 Å². The van der Waals surface area contributed by atoms with Crippen molar-refractivity contribution in [1.29, 1.82) is 0 Å². The lowest BCUT2D eigenvalue weighted by atomic mass is 10.3. The van der Waals surface area contributed by atoms with Crippen LogP contribution in [0.15, 0.2) is 0 Å². The number of hydrogen-bond donors (Lipinski definition) is 2. The first-order chi connectivity index (χ1) is 6.20. The standard InChI is InChI=1S/C10H25N3/c1-5-7-9-13(11-8-6-2)12-10(3)4/h10-12H,5-9H2,1-4H3. The molecule has 0 saturated heterocycles. The lowest BCUT2D eigenvalue weighted by Crippen LogP contribution is -2.51. The summed E-state index contributed by atoms with van der Waals surface area (Å²) in [4.78, 5) is 0. The number of hydrazine groups is 2. The maximum atomic E-state index is 3.37. The van der Waals surface area contributed by atoms with E-state index in [0.29, 0.717) is 6.04 Å². The molecule has 0 aliphatic rings. The largest absolute Gasteiger partial charge is 0.242 e. The molecule has 3 heteroatoms. The molecule has 0 spiro atoms. The molecule has 13 heavy (non-hydrogen) atoms. The molecule has 0 aromatic heterocycles. The van der Waals surface area contributed by atoms with Crippen molar-refractivity contribution in [3.8, 4) is 0 Å². The molecule has 0 aromatic carbocycles. The summed E-state index contributed by atoms with van der Waals surface area (Å²) in [5.41, 5.74) is 6.73. The molecule has 0 saturated carbocycles. The van der Waals surface area contributed by atoms with E-state index in [0.717, 1.165) is 13.1 Å². The molecular weight excluding hydrogens is 162 g/mol. The van der Waals surface area contributed by atoms with Gasteiger partial charge in [0, 0.05) is 19.1 Å². The minimum Gasteiger partial charge on any atom is -0.242 e. The Labute approximate surface area is 82.8 Å². The fourth-order valence-corrected chi connectivity index (χ4v) is 1.06. The maximum Gasteiger partial charge on any atom is 0.0288 e. The second-order valence-electron chi connectivity index (χ2n) is 3.70. The highest BCUT2D eigenvalue weighted by atomic mass is 15.7. The molecule has 0 rings (SSSR count). The molecule has 80 valence electrons. The Morgan fingerprint density at radius 3 is 2.31 bits per heavy atom. The molecule has 0 radical (unpaired) electrons. The summed E-state index contributed by atoms with van der Waals surface area (Å²) in [5.74, 6) is 0. The van der Waals surface area contributed by atoms with E-state index in [4.69, 9.17) is 0 Å². The van der Waals surface area contributed by atoms with Crippen LogP contribution < -0.4 is 10.9 Å². The van der Waals surface area contributed by atoms with Crippen molar-refractivity contribution in [1.82, 2.24) is 16.0 Å². The fourth-order valence-electron chi connectivity index (χ4n) is 1.06. The predicted octanol–water partition coefficient (Wildman–Crippen LogP) is 1.92. The zero-order valence-corrected chi connectivity index (χ0v) is 9.56. The van der Waals surface area contributed by atoms with Gasteiger partial charge in [-0.2, -0.15) is 5.12 Å². The van der Waals surface area contributed by atoms with Crippen molar-refractivity contribution < 1.29 is 0 Å². The predicted molar refractivity (Wildman–Crippen MR) is 58.2 cm³/mol. The molecule has 0 aliphatic heterocycles. The van der Waals surface area contributed by atoms with E-state index in [2.05, 4.69) is 43.7 Å². The van der Waals surface area contributed by atoms with Gasteiger partial charge in [-0.3, -0.25) is 0 Å². The molecule has 0 atom stereocenters. The SMILES string of the molecule is CCCCN(NCCC)NC(C)C. The van der Waals surface area contributed by atoms with Crippen LogP contribution in [-0.2, 0) is 0 Å². The van der Waals surface area contributed by atoms with Crippen LogP contribution in [0.3, 0.4) is 0 Å². The van der Waals surface area contributed by atoms with Gasteiger partial charge in [0.2, 0.25) is 0 Å². The van der Waals surface area contributed by atoms with Gasteiger partial charge >= 0.3 is 0 Å². The Morgan fingerprint density at radius 2 is 1.85 bits per heavy atom. The molecule has 0 aromatic rings. The van der Waals surface area contributed by atoms with Crippen LogP contribution in [0, 0.1) is 0 Å². The smallest absolute Gasteiger partial charge is 0.0288 e. The van der Waals surface area contributed by atoms with Gasteiger partial charge in [0.05, 0.1) is 0 Å². The van der Waals surface area contributed by atoms with E-state index < -0.39 is 0 Å². The Morgan fingerprint density at radius 1 is 1.15 bits per heavy atom. The summed E-state index contributed by atoms with van der Waals surface area (Å²) in [6.07, 6.45) is 3.64. The van der Waals surface area contributed by atoms with E-state index >= 15 is 0 Å². The van der Waals surface area contributed by atoms with Crippen LogP contribution in [0.2, 0.25) is 0 Å². The van der Waals surface area contributed by atoms with Gasteiger partial charge in [0.25, 0.3) is 0 Å². The quantitative estimate of drug-likeness (QED) is 0.568. The van der Waals surface area contributed by atoms with E-state index in [1.54, 1.807) is 0 Å². The van der Waals surface area contributed by atoms with E-state index in [1.165, 1.54) is 19.3 Å².